The van der Waals surface area contributed by atoms with Gasteiger partial charge in [-0.3, -0.25) is 0 Å². The molecule has 0 spiro atoms. The Morgan fingerprint density at radius 1 is 1.25 bits per heavy atom. The molecule has 0 bridgehead atoms. The first kappa shape index (κ1) is 6.97. The van der Waals surface area contributed by atoms with E-state index in [1.54, 1.807) is 24.9 Å². The zero-order valence-electron chi connectivity index (χ0n) is 6.68. The van der Waals surface area contributed by atoms with Gasteiger partial charge in [0.05, 0.1) is 24.4 Å². The van der Waals surface area contributed by atoms with Crippen molar-refractivity contribution < 1.29 is 0 Å². The molecule has 0 aromatic carbocycles. The fourth-order valence-corrected chi connectivity index (χ4v) is 0.931. The number of aryl methyl sites for hydroxylation is 1. The smallest absolute Gasteiger partial charge is 0.125 e. The van der Waals surface area contributed by atoms with E-state index in [1.807, 2.05) is 17.7 Å². The Kier molecular flexibility index (Phi) is 1.59. The molecular weight excluding hydrogens is 152 g/mol. The molecule has 0 aliphatic heterocycles. The predicted octanol–water partition coefficient (Wildman–Crippen LogP) is 0.971. The van der Waals surface area contributed by atoms with Crippen molar-refractivity contribution in [2.75, 3.05) is 0 Å². The van der Waals surface area contributed by atoms with Gasteiger partial charge in [0.25, 0.3) is 0 Å². The molecule has 12 heavy (non-hydrogen) atoms. The third-order valence-electron chi connectivity index (χ3n) is 1.57. The van der Waals surface area contributed by atoms with Crippen molar-refractivity contribution in [1.29, 1.82) is 0 Å². The van der Waals surface area contributed by atoms with Gasteiger partial charge in [-0.25, -0.2) is 15.0 Å². The minimum atomic E-state index is 0.777. The normalized spacial score (nSPS) is 10.1. The summed E-state index contributed by atoms with van der Waals surface area (Å²) in [6.45, 7) is 1.86. The first-order valence-electron chi connectivity index (χ1n) is 3.63. The van der Waals surface area contributed by atoms with Crippen LogP contribution in [-0.4, -0.2) is 19.5 Å². The molecule has 2 heterocycles. The van der Waals surface area contributed by atoms with Crippen molar-refractivity contribution in [2.24, 2.45) is 0 Å². The fourth-order valence-electron chi connectivity index (χ4n) is 0.931. The highest BCUT2D eigenvalue weighted by molar-refractivity contribution is 5.24. The molecule has 0 atom stereocenters. The molecule has 60 valence electrons. The minimum absolute atomic E-state index is 0.777. The Hall–Kier alpha value is -1.71. The first-order chi connectivity index (χ1) is 5.86. The van der Waals surface area contributed by atoms with Crippen molar-refractivity contribution in [3.8, 4) is 5.69 Å². The summed E-state index contributed by atoms with van der Waals surface area (Å²) in [5, 5.41) is 0. The monoisotopic (exact) mass is 160 g/mol. The number of hydrogen-bond donors (Lipinski definition) is 0. The summed E-state index contributed by atoms with van der Waals surface area (Å²) in [5.74, 6) is 0.777. The molecule has 0 aliphatic carbocycles. The van der Waals surface area contributed by atoms with E-state index in [0.29, 0.717) is 0 Å². The van der Waals surface area contributed by atoms with Crippen LogP contribution in [0.2, 0.25) is 0 Å². The van der Waals surface area contributed by atoms with Crippen LogP contribution in [0.4, 0.5) is 0 Å². The summed E-state index contributed by atoms with van der Waals surface area (Å²) in [7, 11) is 0. The van der Waals surface area contributed by atoms with Crippen LogP contribution < -0.4 is 0 Å². The first-order valence-corrected chi connectivity index (χ1v) is 3.63. The maximum Gasteiger partial charge on any atom is 0.125 e. The lowest BCUT2D eigenvalue weighted by Crippen LogP contribution is -1.94. The highest BCUT2D eigenvalue weighted by Gasteiger charge is 1.94. The summed E-state index contributed by atoms with van der Waals surface area (Å²) in [6, 6.07) is 0. The van der Waals surface area contributed by atoms with Gasteiger partial charge in [0.1, 0.15) is 5.82 Å². The Bertz CT molecular complexity index is 349. The Morgan fingerprint density at radius 3 is 2.58 bits per heavy atom. The van der Waals surface area contributed by atoms with Gasteiger partial charge in [-0.2, -0.15) is 0 Å². The number of aromatic nitrogens is 4. The molecule has 0 N–H and O–H groups in total. The number of nitrogens with zero attached hydrogens (tertiary/aromatic N) is 4. The topological polar surface area (TPSA) is 43.6 Å². The van der Waals surface area contributed by atoms with Crippen LogP contribution in [-0.2, 0) is 0 Å². The van der Waals surface area contributed by atoms with Gasteiger partial charge in [0.15, 0.2) is 0 Å². The number of rotatable bonds is 1. The second kappa shape index (κ2) is 2.73. The van der Waals surface area contributed by atoms with Gasteiger partial charge < -0.3 is 4.57 Å². The molecule has 2 aromatic rings. The summed E-state index contributed by atoms with van der Waals surface area (Å²) in [6.07, 6.45) is 8.83. The lowest BCUT2D eigenvalue weighted by atomic mass is 10.5. The maximum absolute atomic E-state index is 4.08. The quantitative estimate of drug-likeness (QED) is 0.624. The highest BCUT2D eigenvalue weighted by Crippen LogP contribution is 2.02. The predicted molar refractivity (Wildman–Crippen MR) is 43.9 cm³/mol. The van der Waals surface area contributed by atoms with E-state index in [1.165, 1.54) is 0 Å². The molecule has 4 heteroatoms. The van der Waals surface area contributed by atoms with Crippen LogP contribution in [0.25, 0.3) is 5.69 Å². The van der Waals surface area contributed by atoms with Crippen molar-refractivity contribution in [1.82, 2.24) is 19.5 Å². The molecule has 4 nitrogen and oxygen atoms in total. The third kappa shape index (κ3) is 1.18. The molecule has 0 saturated carbocycles. The fraction of sp³-hybridized carbons (Fsp3) is 0.125. The van der Waals surface area contributed by atoms with E-state index in [2.05, 4.69) is 15.0 Å². The third-order valence-corrected chi connectivity index (χ3v) is 1.57. The van der Waals surface area contributed by atoms with Crippen LogP contribution in [0, 0.1) is 6.92 Å². The summed E-state index contributed by atoms with van der Waals surface area (Å²) < 4.78 is 1.86. The molecule has 0 radical (unpaired) electrons. The molecule has 0 amide bonds. The molecule has 2 rings (SSSR count). The molecule has 0 saturated heterocycles. The Morgan fingerprint density at radius 2 is 2.00 bits per heavy atom. The largest absolute Gasteiger partial charge is 0.303 e. The van der Waals surface area contributed by atoms with Gasteiger partial charge in [0.2, 0.25) is 0 Å². The second-order valence-electron chi connectivity index (χ2n) is 2.46. The van der Waals surface area contributed by atoms with Crippen LogP contribution in [0.15, 0.2) is 31.1 Å². The Balaban J connectivity index is 2.43. The van der Waals surface area contributed by atoms with E-state index in [0.717, 1.165) is 11.5 Å². The average molecular weight is 160 g/mol. The highest BCUT2D eigenvalue weighted by atomic mass is 15.0. The van der Waals surface area contributed by atoms with Crippen LogP contribution in [0.1, 0.15) is 5.82 Å². The maximum atomic E-state index is 4.08. The van der Waals surface area contributed by atoms with Crippen molar-refractivity contribution in [3.63, 3.8) is 0 Å². The van der Waals surface area contributed by atoms with E-state index in [4.69, 9.17) is 0 Å². The van der Waals surface area contributed by atoms with Gasteiger partial charge in [-0.15, -0.1) is 0 Å². The van der Waals surface area contributed by atoms with Crippen molar-refractivity contribution in [3.05, 3.63) is 36.9 Å². The summed E-state index contributed by atoms with van der Waals surface area (Å²) in [4.78, 5) is 12.1. The van der Waals surface area contributed by atoms with Crippen molar-refractivity contribution >= 4 is 0 Å². The second-order valence-corrected chi connectivity index (χ2v) is 2.46. The molecule has 2 aromatic heterocycles. The van der Waals surface area contributed by atoms with Gasteiger partial charge in [0, 0.05) is 12.4 Å². The average Bonchev–Trinajstić information content (AvgIpc) is 2.58. The lowest BCUT2D eigenvalue weighted by molar-refractivity contribution is 0.973. The molecule has 0 unspecified atom stereocenters. The zero-order valence-corrected chi connectivity index (χ0v) is 6.68. The van der Waals surface area contributed by atoms with Gasteiger partial charge in [-0.05, 0) is 6.92 Å². The minimum Gasteiger partial charge on any atom is -0.303 e. The van der Waals surface area contributed by atoms with Crippen LogP contribution in [0.5, 0.6) is 0 Å². The molecule has 0 aliphatic rings. The lowest BCUT2D eigenvalue weighted by Gasteiger charge is -1.99. The van der Waals surface area contributed by atoms with E-state index < -0.39 is 0 Å². The van der Waals surface area contributed by atoms with Crippen LogP contribution >= 0.6 is 0 Å². The van der Waals surface area contributed by atoms with Gasteiger partial charge >= 0.3 is 0 Å². The van der Waals surface area contributed by atoms with Crippen molar-refractivity contribution in [2.45, 2.75) is 6.92 Å². The number of hydrogen-bond acceptors (Lipinski definition) is 3. The van der Waals surface area contributed by atoms with E-state index in [9.17, 15) is 0 Å². The molecular formula is C8H8N4. The molecule has 0 fully saturated rings. The Labute approximate surface area is 69.9 Å². The SMILES string of the molecule is Cc1ncc(-n2ccnc2)cn1. The summed E-state index contributed by atoms with van der Waals surface area (Å²) in [5.41, 5.74) is 0.929. The number of imidazole rings is 1. The summed E-state index contributed by atoms with van der Waals surface area (Å²) >= 11 is 0. The zero-order chi connectivity index (χ0) is 8.39. The van der Waals surface area contributed by atoms with E-state index in [-0.39, 0.29) is 0 Å². The standard InChI is InChI=1S/C8H8N4/c1-7-10-4-8(5-11-7)12-3-2-9-6-12/h2-6H,1H3. The van der Waals surface area contributed by atoms with Gasteiger partial charge in [-0.1, -0.05) is 0 Å². The van der Waals surface area contributed by atoms with Crippen LogP contribution in [0.3, 0.4) is 0 Å². The van der Waals surface area contributed by atoms with E-state index >= 15 is 0 Å².